The SMILES string of the molecule is CCOc1cc([N+](=O)[O-])cc(C=Nc2ccc(NC(C)=O)cc2)c1O. The molecule has 0 aliphatic rings. The number of nitrogens with one attached hydrogen (secondary N) is 1. The minimum Gasteiger partial charge on any atom is -0.504 e. The van der Waals surface area contributed by atoms with Gasteiger partial charge in [0.25, 0.3) is 5.69 Å². The summed E-state index contributed by atoms with van der Waals surface area (Å²) in [5, 5.41) is 23.8. The Kier molecular flexibility index (Phi) is 5.67. The van der Waals surface area contributed by atoms with Crippen LogP contribution < -0.4 is 10.1 Å². The van der Waals surface area contributed by atoms with Gasteiger partial charge >= 0.3 is 0 Å². The molecule has 0 fully saturated rings. The number of ether oxygens (including phenoxy) is 1. The number of amides is 1. The van der Waals surface area contributed by atoms with Gasteiger partial charge in [-0.1, -0.05) is 0 Å². The number of nitro groups is 1. The van der Waals surface area contributed by atoms with E-state index in [-0.39, 0.29) is 35.3 Å². The average molecular weight is 343 g/mol. The predicted octanol–water partition coefficient (Wildman–Crippen LogP) is 3.41. The number of nitrogens with zero attached hydrogens (tertiary/aromatic N) is 2. The number of carbonyl (C=O) groups is 1. The van der Waals surface area contributed by atoms with Crippen molar-refractivity contribution in [2.75, 3.05) is 11.9 Å². The Hall–Kier alpha value is -3.42. The number of benzene rings is 2. The van der Waals surface area contributed by atoms with Crippen LogP contribution in [0.3, 0.4) is 0 Å². The second-order valence-corrected chi connectivity index (χ2v) is 5.06. The third-order valence-corrected chi connectivity index (χ3v) is 3.14. The van der Waals surface area contributed by atoms with Gasteiger partial charge in [0.05, 0.1) is 23.3 Å². The number of aliphatic imine (C=N–C) groups is 1. The van der Waals surface area contributed by atoms with E-state index in [0.717, 1.165) is 0 Å². The Morgan fingerprint density at radius 3 is 2.60 bits per heavy atom. The third kappa shape index (κ3) is 4.77. The smallest absolute Gasteiger partial charge is 0.274 e. The number of hydrogen-bond donors (Lipinski definition) is 2. The fourth-order valence-electron chi connectivity index (χ4n) is 2.06. The fourth-order valence-corrected chi connectivity index (χ4v) is 2.06. The molecule has 2 aromatic rings. The van der Waals surface area contributed by atoms with Crippen molar-refractivity contribution >= 4 is 29.2 Å². The lowest BCUT2D eigenvalue weighted by Gasteiger charge is -2.08. The van der Waals surface area contributed by atoms with E-state index in [1.54, 1.807) is 31.2 Å². The van der Waals surface area contributed by atoms with Crippen molar-refractivity contribution in [3.63, 3.8) is 0 Å². The van der Waals surface area contributed by atoms with Crippen LogP contribution >= 0.6 is 0 Å². The lowest BCUT2D eigenvalue weighted by atomic mass is 10.1. The molecule has 0 atom stereocenters. The molecule has 25 heavy (non-hydrogen) atoms. The van der Waals surface area contributed by atoms with Gasteiger partial charge in [-0.15, -0.1) is 0 Å². The highest BCUT2D eigenvalue weighted by atomic mass is 16.6. The molecular formula is C17H17N3O5. The highest BCUT2D eigenvalue weighted by molar-refractivity contribution is 5.89. The van der Waals surface area contributed by atoms with Crippen molar-refractivity contribution in [2.24, 2.45) is 4.99 Å². The number of phenols is 1. The monoisotopic (exact) mass is 343 g/mol. The summed E-state index contributed by atoms with van der Waals surface area (Å²) in [5.74, 6) is -0.369. The van der Waals surface area contributed by atoms with Crippen LogP contribution in [0.2, 0.25) is 0 Å². The van der Waals surface area contributed by atoms with E-state index >= 15 is 0 Å². The third-order valence-electron chi connectivity index (χ3n) is 3.14. The summed E-state index contributed by atoms with van der Waals surface area (Å²) in [7, 11) is 0. The molecule has 8 heteroatoms. The molecule has 0 radical (unpaired) electrons. The number of carbonyl (C=O) groups excluding carboxylic acids is 1. The Balaban J connectivity index is 2.30. The Morgan fingerprint density at radius 2 is 2.04 bits per heavy atom. The zero-order valence-electron chi connectivity index (χ0n) is 13.7. The maximum Gasteiger partial charge on any atom is 0.274 e. The minimum absolute atomic E-state index is 0.0270. The fraction of sp³-hybridized carbons (Fsp3) is 0.176. The number of hydrogen-bond acceptors (Lipinski definition) is 6. The first-order valence-corrected chi connectivity index (χ1v) is 7.46. The van der Waals surface area contributed by atoms with E-state index in [1.807, 2.05) is 0 Å². The normalized spacial score (nSPS) is 10.6. The zero-order valence-corrected chi connectivity index (χ0v) is 13.7. The first kappa shape index (κ1) is 17.9. The first-order chi connectivity index (χ1) is 11.9. The number of anilines is 1. The number of phenolic OH excluding ortho intramolecular Hbond substituents is 1. The van der Waals surface area contributed by atoms with Gasteiger partial charge in [0.2, 0.25) is 5.91 Å². The highest BCUT2D eigenvalue weighted by Gasteiger charge is 2.16. The van der Waals surface area contributed by atoms with Gasteiger partial charge in [-0.25, -0.2) is 0 Å². The highest BCUT2D eigenvalue weighted by Crippen LogP contribution is 2.34. The van der Waals surface area contributed by atoms with Gasteiger partial charge in [-0.2, -0.15) is 0 Å². The topological polar surface area (TPSA) is 114 Å². The summed E-state index contributed by atoms with van der Waals surface area (Å²) >= 11 is 0. The minimum atomic E-state index is -0.568. The van der Waals surface area contributed by atoms with E-state index in [9.17, 15) is 20.0 Å². The summed E-state index contributed by atoms with van der Waals surface area (Å²) in [6, 6.07) is 9.06. The van der Waals surface area contributed by atoms with Gasteiger partial charge in [0.1, 0.15) is 0 Å². The van der Waals surface area contributed by atoms with Crippen LogP contribution in [0.5, 0.6) is 11.5 Å². The second-order valence-electron chi connectivity index (χ2n) is 5.06. The molecule has 0 heterocycles. The molecule has 0 saturated heterocycles. The van der Waals surface area contributed by atoms with Crippen LogP contribution in [-0.4, -0.2) is 28.8 Å². The average Bonchev–Trinajstić information content (AvgIpc) is 2.56. The van der Waals surface area contributed by atoms with E-state index in [4.69, 9.17) is 4.74 Å². The molecule has 8 nitrogen and oxygen atoms in total. The van der Waals surface area contributed by atoms with E-state index in [1.165, 1.54) is 25.3 Å². The maximum absolute atomic E-state index is 11.0. The van der Waals surface area contributed by atoms with Crippen molar-refractivity contribution < 1.29 is 19.6 Å². The number of aromatic hydroxyl groups is 1. The van der Waals surface area contributed by atoms with Gasteiger partial charge in [0.15, 0.2) is 11.5 Å². The van der Waals surface area contributed by atoms with Crippen LogP contribution in [0.1, 0.15) is 19.4 Å². The predicted molar refractivity (Wildman–Crippen MR) is 93.9 cm³/mol. The Labute approximate surface area is 143 Å². The molecule has 0 spiro atoms. The van der Waals surface area contributed by atoms with Crippen LogP contribution in [0, 0.1) is 10.1 Å². The molecule has 0 saturated carbocycles. The molecule has 130 valence electrons. The van der Waals surface area contributed by atoms with E-state index in [0.29, 0.717) is 11.4 Å². The summed E-state index contributed by atoms with van der Waals surface area (Å²) in [6.07, 6.45) is 1.32. The van der Waals surface area contributed by atoms with Crippen molar-refractivity contribution in [1.29, 1.82) is 0 Å². The molecule has 0 unspecified atom stereocenters. The molecule has 0 aliphatic heterocycles. The quantitative estimate of drug-likeness (QED) is 0.474. The van der Waals surface area contributed by atoms with E-state index < -0.39 is 4.92 Å². The van der Waals surface area contributed by atoms with Gasteiger partial charge in [-0.05, 0) is 31.2 Å². The molecule has 2 rings (SSSR count). The maximum atomic E-state index is 11.0. The zero-order chi connectivity index (χ0) is 18.4. The standard InChI is InChI=1S/C17H17N3O5/c1-3-25-16-9-15(20(23)24)8-12(17(16)22)10-18-13-4-6-14(7-5-13)19-11(2)21/h4-10,22H,3H2,1-2H3,(H,19,21). The molecule has 0 aliphatic carbocycles. The van der Waals surface area contributed by atoms with Crippen LogP contribution in [0.15, 0.2) is 41.4 Å². The molecule has 2 aromatic carbocycles. The molecule has 1 amide bonds. The van der Waals surface area contributed by atoms with Crippen molar-refractivity contribution in [2.45, 2.75) is 13.8 Å². The largest absolute Gasteiger partial charge is 0.504 e. The van der Waals surface area contributed by atoms with E-state index in [2.05, 4.69) is 10.3 Å². The number of non-ortho nitro benzene ring substituents is 1. The first-order valence-electron chi connectivity index (χ1n) is 7.46. The second kappa shape index (κ2) is 7.91. The summed E-state index contributed by atoms with van der Waals surface area (Å²) in [5.41, 5.74) is 1.15. The molecule has 0 bridgehead atoms. The van der Waals surface area contributed by atoms with Gasteiger partial charge in [0, 0.05) is 30.5 Å². The summed E-state index contributed by atoms with van der Waals surface area (Å²) in [4.78, 5) is 25.6. The van der Waals surface area contributed by atoms with Crippen LogP contribution in [0.25, 0.3) is 0 Å². The Morgan fingerprint density at radius 1 is 1.36 bits per heavy atom. The lowest BCUT2D eigenvalue weighted by Crippen LogP contribution is -2.04. The van der Waals surface area contributed by atoms with Crippen molar-refractivity contribution in [1.82, 2.24) is 0 Å². The summed E-state index contributed by atoms with van der Waals surface area (Å²) in [6.45, 7) is 3.38. The molecule has 0 aromatic heterocycles. The van der Waals surface area contributed by atoms with Crippen LogP contribution in [-0.2, 0) is 4.79 Å². The Bertz CT molecular complexity index is 816. The van der Waals surface area contributed by atoms with Gasteiger partial charge < -0.3 is 15.2 Å². The lowest BCUT2D eigenvalue weighted by molar-refractivity contribution is -0.385. The van der Waals surface area contributed by atoms with Crippen molar-refractivity contribution in [3.8, 4) is 11.5 Å². The van der Waals surface area contributed by atoms with Crippen LogP contribution in [0.4, 0.5) is 17.1 Å². The number of rotatable bonds is 6. The van der Waals surface area contributed by atoms with Gasteiger partial charge in [-0.3, -0.25) is 19.9 Å². The molecule has 2 N–H and O–H groups in total. The summed E-state index contributed by atoms with van der Waals surface area (Å²) < 4.78 is 5.22. The van der Waals surface area contributed by atoms with Crippen molar-refractivity contribution in [3.05, 3.63) is 52.1 Å². The number of nitro benzene ring substituents is 1. The molecular weight excluding hydrogens is 326 g/mol.